The molecule has 0 bridgehead atoms. The van der Waals surface area contributed by atoms with Crippen molar-refractivity contribution in [2.24, 2.45) is 17.1 Å². The molecule has 0 aromatic heterocycles. The van der Waals surface area contributed by atoms with Crippen LogP contribution in [0, 0.1) is 11.3 Å². The summed E-state index contributed by atoms with van der Waals surface area (Å²) in [6, 6.07) is 0.388. The van der Waals surface area contributed by atoms with Gasteiger partial charge in [0.25, 0.3) is 0 Å². The van der Waals surface area contributed by atoms with E-state index in [0.29, 0.717) is 12.0 Å². The Morgan fingerprint density at radius 2 is 1.88 bits per heavy atom. The highest BCUT2D eigenvalue weighted by Crippen LogP contribution is 2.23. The summed E-state index contributed by atoms with van der Waals surface area (Å²) in [6.07, 6.45) is 5.42. The topological polar surface area (TPSA) is 55.1 Å². The molecule has 0 heterocycles. The molecule has 0 aromatic carbocycles. The summed E-state index contributed by atoms with van der Waals surface area (Å²) in [5, 5.41) is 3.08. The summed E-state index contributed by atoms with van der Waals surface area (Å²) in [6.45, 7) is 6.88. The van der Waals surface area contributed by atoms with Crippen molar-refractivity contribution < 1.29 is 4.79 Å². The largest absolute Gasteiger partial charge is 0.355 e. The molecule has 0 saturated heterocycles. The van der Waals surface area contributed by atoms with Crippen LogP contribution in [0.5, 0.6) is 0 Å². The lowest BCUT2D eigenvalue weighted by atomic mass is 9.85. The van der Waals surface area contributed by atoms with E-state index in [0.717, 1.165) is 38.6 Å². The molecule has 0 spiro atoms. The molecule has 1 aliphatic carbocycles. The molecule has 0 aliphatic heterocycles. The fourth-order valence-corrected chi connectivity index (χ4v) is 2.03. The van der Waals surface area contributed by atoms with E-state index in [9.17, 15) is 4.79 Å². The van der Waals surface area contributed by atoms with E-state index in [1.807, 2.05) is 13.8 Å². The molecule has 94 valence electrons. The minimum Gasteiger partial charge on any atom is -0.355 e. The molecule has 3 nitrogen and oxygen atoms in total. The number of amides is 1. The van der Waals surface area contributed by atoms with Crippen molar-refractivity contribution in [2.75, 3.05) is 6.54 Å². The van der Waals surface area contributed by atoms with E-state index < -0.39 is 0 Å². The van der Waals surface area contributed by atoms with Gasteiger partial charge in [-0.25, -0.2) is 0 Å². The number of nitrogens with two attached hydrogens (primary N) is 1. The maximum Gasteiger partial charge on any atom is 0.225 e. The van der Waals surface area contributed by atoms with Crippen LogP contribution < -0.4 is 11.1 Å². The molecule has 1 aliphatic rings. The average molecular weight is 226 g/mol. The van der Waals surface area contributed by atoms with Crippen LogP contribution in [0.25, 0.3) is 0 Å². The third-order valence-electron chi connectivity index (χ3n) is 3.94. The van der Waals surface area contributed by atoms with E-state index in [1.165, 1.54) is 0 Å². The Morgan fingerprint density at radius 1 is 1.31 bits per heavy atom. The van der Waals surface area contributed by atoms with Gasteiger partial charge in [-0.3, -0.25) is 4.79 Å². The third kappa shape index (κ3) is 3.78. The summed E-state index contributed by atoms with van der Waals surface area (Å²) in [5.74, 6) is 0.821. The number of carbonyl (C=O) groups excluding carboxylic acids is 1. The Bertz CT molecular complexity index is 230. The van der Waals surface area contributed by atoms with Gasteiger partial charge >= 0.3 is 0 Å². The Labute approximate surface area is 99.2 Å². The molecule has 3 heteroatoms. The van der Waals surface area contributed by atoms with Crippen LogP contribution in [0.15, 0.2) is 0 Å². The predicted molar refractivity (Wildman–Crippen MR) is 67.0 cm³/mol. The second-order valence-electron chi connectivity index (χ2n) is 5.73. The van der Waals surface area contributed by atoms with Crippen molar-refractivity contribution in [2.45, 2.75) is 58.9 Å². The van der Waals surface area contributed by atoms with E-state index in [4.69, 9.17) is 5.73 Å². The lowest BCUT2D eigenvalue weighted by Gasteiger charge is -2.28. The number of hydrogen-bond donors (Lipinski definition) is 2. The summed E-state index contributed by atoms with van der Waals surface area (Å²) in [7, 11) is 0. The Kier molecular flexibility index (Phi) is 4.78. The third-order valence-corrected chi connectivity index (χ3v) is 3.94. The maximum absolute atomic E-state index is 11.9. The molecule has 0 unspecified atom stereocenters. The highest BCUT2D eigenvalue weighted by molar-refractivity contribution is 5.81. The second-order valence-corrected chi connectivity index (χ2v) is 5.73. The fourth-order valence-electron chi connectivity index (χ4n) is 2.03. The van der Waals surface area contributed by atoms with Gasteiger partial charge in [0.1, 0.15) is 0 Å². The summed E-state index contributed by atoms with van der Waals surface area (Å²) in [5.41, 5.74) is 5.63. The van der Waals surface area contributed by atoms with E-state index in [1.54, 1.807) is 0 Å². The van der Waals surface area contributed by atoms with Crippen LogP contribution >= 0.6 is 0 Å². The van der Waals surface area contributed by atoms with Crippen molar-refractivity contribution in [3.63, 3.8) is 0 Å². The molecule has 0 atom stereocenters. The zero-order valence-corrected chi connectivity index (χ0v) is 10.9. The lowest BCUT2D eigenvalue weighted by molar-refractivity contribution is -0.129. The first-order valence-electron chi connectivity index (χ1n) is 6.49. The molecule has 1 saturated carbocycles. The maximum atomic E-state index is 11.9. The van der Waals surface area contributed by atoms with Crippen LogP contribution in [0.4, 0.5) is 0 Å². The number of hydrogen-bond acceptors (Lipinski definition) is 2. The van der Waals surface area contributed by atoms with Gasteiger partial charge in [0, 0.05) is 18.0 Å². The van der Waals surface area contributed by atoms with Crippen molar-refractivity contribution in [1.29, 1.82) is 0 Å². The van der Waals surface area contributed by atoms with Crippen LogP contribution in [-0.2, 0) is 4.79 Å². The van der Waals surface area contributed by atoms with Crippen LogP contribution in [0.3, 0.4) is 0 Å². The Balaban J connectivity index is 2.27. The first kappa shape index (κ1) is 13.5. The van der Waals surface area contributed by atoms with Crippen LogP contribution in [0.2, 0.25) is 0 Å². The molecular formula is C13H26N2O. The van der Waals surface area contributed by atoms with Crippen molar-refractivity contribution in [3.8, 4) is 0 Å². The fraction of sp³-hybridized carbons (Fsp3) is 0.923. The van der Waals surface area contributed by atoms with Gasteiger partial charge in [-0.2, -0.15) is 0 Å². The first-order chi connectivity index (χ1) is 7.45. The van der Waals surface area contributed by atoms with Crippen LogP contribution in [-0.4, -0.2) is 18.5 Å². The van der Waals surface area contributed by atoms with Gasteiger partial charge in [-0.05, 0) is 38.0 Å². The molecule has 1 fully saturated rings. The smallest absolute Gasteiger partial charge is 0.225 e. The van der Waals surface area contributed by atoms with Gasteiger partial charge in [-0.1, -0.05) is 20.8 Å². The van der Waals surface area contributed by atoms with E-state index in [-0.39, 0.29) is 11.3 Å². The molecule has 3 N–H and O–H groups in total. The minimum atomic E-state index is -0.231. The molecule has 1 rings (SSSR count). The standard InChI is InChI=1S/C13H26N2O/c1-4-13(2,3)12(16)15-9-10-5-7-11(14)8-6-10/h10-11H,4-9,14H2,1-3H3,(H,15,16). The summed E-state index contributed by atoms with van der Waals surface area (Å²) >= 11 is 0. The second kappa shape index (κ2) is 5.67. The van der Waals surface area contributed by atoms with Gasteiger partial charge in [0.2, 0.25) is 5.91 Å². The first-order valence-corrected chi connectivity index (χ1v) is 6.49. The monoisotopic (exact) mass is 226 g/mol. The van der Waals surface area contributed by atoms with Crippen molar-refractivity contribution in [1.82, 2.24) is 5.32 Å². The highest BCUT2D eigenvalue weighted by Gasteiger charge is 2.26. The molecule has 1 amide bonds. The summed E-state index contributed by atoms with van der Waals surface area (Å²) in [4.78, 5) is 11.9. The predicted octanol–water partition coefficient (Wildman–Crippen LogP) is 2.06. The molecule has 16 heavy (non-hydrogen) atoms. The number of rotatable bonds is 4. The zero-order valence-electron chi connectivity index (χ0n) is 10.9. The quantitative estimate of drug-likeness (QED) is 0.771. The van der Waals surface area contributed by atoms with Gasteiger partial charge in [-0.15, -0.1) is 0 Å². The van der Waals surface area contributed by atoms with E-state index in [2.05, 4.69) is 12.2 Å². The Hall–Kier alpha value is -0.570. The molecule has 0 aromatic rings. The molecular weight excluding hydrogens is 200 g/mol. The number of nitrogens with one attached hydrogen (secondary N) is 1. The van der Waals surface area contributed by atoms with E-state index >= 15 is 0 Å². The van der Waals surface area contributed by atoms with Crippen LogP contribution in [0.1, 0.15) is 52.9 Å². The minimum absolute atomic E-state index is 0.185. The van der Waals surface area contributed by atoms with Crippen molar-refractivity contribution >= 4 is 5.91 Å². The SMILES string of the molecule is CCC(C)(C)C(=O)NCC1CCC(N)CC1. The van der Waals surface area contributed by atoms with Crippen molar-refractivity contribution in [3.05, 3.63) is 0 Å². The highest BCUT2D eigenvalue weighted by atomic mass is 16.2. The molecule has 0 radical (unpaired) electrons. The lowest BCUT2D eigenvalue weighted by Crippen LogP contribution is -2.40. The normalized spacial score (nSPS) is 26.5. The summed E-state index contributed by atoms with van der Waals surface area (Å²) < 4.78 is 0. The van der Waals surface area contributed by atoms with Gasteiger partial charge < -0.3 is 11.1 Å². The number of carbonyl (C=O) groups is 1. The Morgan fingerprint density at radius 3 is 2.38 bits per heavy atom. The van der Waals surface area contributed by atoms with Gasteiger partial charge in [0.15, 0.2) is 0 Å². The average Bonchev–Trinajstić information content (AvgIpc) is 2.28. The zero-order chi connectivity index (χ0) is 12.2. The van der Waals surface area contributed by atoms with Gasteiger partial charge in [0.05, 0.1) is 0 Å².